The minimum Gasteiger partial charge on any atom is -0.459 e. The summed E-state index contributed by atoms with van der Waals surface area (Å²) in [7, 11) is 0. The van der Waals surface area contributed by atoms with Crippen LogP contribution in [0.1, 0.15) is 32.1 Å². The Morgan fingerprint density at radius 3 is 2.62 bits per heavy atom. The minimum absolute atomic E-state index is 0.0809. The van der Waals surface area contributed by atoms with Crippen molar-refractivity contribution in [2.24, 2.45) is 0 Å². The Kier molecular flexibility index (Phi) is 5.86. The van der Waals surface area contributed by atoms with Crippen molar-refractivity contribution in [2.75, 3.05) is 13.2 Å². The quantitative estimate of drug-likeness (QED) is 0.301. The fourth-order valence-corrected chi connectivity index (χ4v) is 1.74. The van der Waals surface area contributed by atoms with Crippen LogP contribution in [-0.2, 0) is 14.3 Å². The molecule has 0 bridgehead atoms. The van der Waals surface area contributed by atoms with Gasteiger partial charge in [0.25, 0.3) is 0 Å². The van der Waals surface area contributed by atoms with Crippen LogP contribution < -0.4 is 0 Å². The van der Waals surface area contributed by atoms with Crippen LogP contribution in [0.15, 0.2) is 24.8 Å². The van der Waals surface area contributed by atoms with Crippen molar-refractivity contribution in [1.82, 2.24) is 0 Å². The van der Waals surface area contributed by atoms with E-state index < -0.39 is 0 Å². The number of ether oxygens (including phenoxy) is 2. The first-order valence-electron chi connectivity index (χ1n) is 5.81. The van der Waals surface area contributed by atoms with E-state index in [2.05, 4.69) is 13.2 Å². The van der Waals surface area contributed by atoms with E-state index in [1.807, 2.05) is 0 Å². The molecule has 0 atom stereocenters. The minimum atomic E-state index is -0.323. The number of hydrogen-bond acceptors (Lipinski definition) is 3. The molecule has 1 fully saturated rings. The molecule has 0 saturated heterocycles. The average Bonchev–Trinajstić information content (AvgIpc) is 2.30. The Balaban J connectivity index is 2.22. The van der Waals surface area contributed by atoms with Gasteiger partial charge in [0.2, 0.25) is 0 Å². The SMILES string of the molecule is C=CCOCC(=C)C(=O)OC1CCCCC1. The van der Waals surface area contributed by atoms with E-state index in [0.29, 0.717) is 12.2 Å². The summed E-state index contributed by atoms with van der Waals surface area (Å²) in [6.45, 7) is 7.83. The van der Waals surface area contributed by atoms with E-state index in [4.69, 9.17) is 9.47 Å². The molecule has 1 rings (SSSR count). The van der Waals surface area contributed by atoms with Crippen LogP contribution >= 0.6 is 0 Å². The molecular weight excluding hydrogens is 204 g/mol. The number of esters is 1. The van der Waals surface area contributed by atoms with Crippen molar-refractivity contribution >= 4 is 5.97 Å². The highest BCUT2D eigenvalue weighted by Crippen LogP contribution is 2.21. The maximum Gasteiger partial charge on any atom is 0.336 e. The van der Waals surface area contributed by atoms with Gasteiger partial charge in [-0.3, -0.25) is 0 Å². The fraction of sp³-hybridized carbons (Fsp3) is 0.615. The summed E-state index contributed by atoms with van der Waals surface area (Å²) in [6, 6.07) is 0. The Morgan fingerprint density at radius 2 is 2.00 bits per heavy atom. The van der Waals surface area contributed by atoms with Gasteiger partial charge in [0.05, 0.1) is 18.8 Å². The van der Waals surface area contributed by atoms with Crippen LogP contribution in [0.3, 0.4) is 0 Å². The van der Waals surface area contributed by atoms with Gasteiger partial charge in [-0.15, -0.1) is 6.58 Å². The van der Waals surface area contributed by atoms with Crippen molar-refractivity contribution in [2.45, 2.75) is 38.2 Å². The number of carbonyl (C=O) groups excluding carboxylic acids is 1. The summed E-state index contributed by atoms with van der Waals surface area (Å²) in [5, 5.41) is 0. The number of rotatable bonds is 6. The van der Waals surface area contributed by atoms with Gasteiger partial charge >= 0.3 is 5.97 Å². The first-order chi connectivity index (χ1) is 7.74. The lowest BCUT2D eigenvalue weighted by atomic mass is 9.98. The van der Waals surface area contributed by atoms with E-state index in [-0.39, 0.29) is 18.7 Å². The summed E-state index contributed by atoms with van der Waals surface area (Å²) in [6.07, 6.45) is 7.22. The Hall–Kier alpha value is -1.09. The molecule has 1 aliphatic carbocycles. The van der Waals surface area contributed by atoms with E-state index >= 15 is 0 Å². The molecule has 3 heteroatoms. The Labute approximate surface area is 97.1 Å². The average molecular weight is 224 g/mol. The largest absolute Gasteiger partial charge is 0.459 e. The molecule has 3 nitrogen and oxygen atoms in total. The summed E-state index contributed by atoms with van der Waals surface area (Å²) in [5.41, 5.74) is 0.382. The zero-order chi connectivity index (χ0) is 11.8. The lowest BCUT2D eigenvalue weighted by molar-refractivity contribution is -0.146. The predicted octanol–water partition coefficient (Wildman–Crippen LogP) is 2.62. The van der Waals surface area contributed by atoms with Gasteiger partial charge in [-0.2, -0.15) is 0 Å². The molecule has 16 heavy (non-hydrogen) atoms. The molecule has 0 aromatic heterocycles. The van der Waals surface area contributed by atoms with Crippen LogP contribution in [0.4, 0.5) is 0 Å². The van der Waals surface area contributed by atoms with E-state index in [0.717, 1.165) is 25.7 Å². The molecule has 0 amide bonds. The topological polar surface area (TPSA) is 35.5 Å². The van der Waals surface area contributed by atoms with Crippen molar-refractivity contribution < 1.29 is 14.3 Å². The number of carbonyl (C=O) groups is 1. The van der Waals surface area contributed by atoms with Gasteiger partial charge in [0, 0.05) is 0 Å². The van der Waals surface area contributed by atoms with Crippen molar-refractivity contribution in [3.63, 3.8) is 0 Å². The summed E-state index contributed by atoms with van der Waals surface area (Å²) in [5.74, 6) is -0.323. The Morgan fingerprint density at radius 1 is 1.31 bits per heavy atom. The van der Waals surface area contributed by atoms with Gasteiger partial charge in [0.15, 0.2) is 0 Å². The van der Waals surface area contributed by atoms with Gasteiger partial charge < -0.3 is 9.47 Å². The standard InChI is InChI=1S/C13H20O3/c1-3-9-15-10-11(2)13(14)16-12-7-5-4-6-8-12/h3,12H,1-2,4-10H2. The van der Waals surface area contributed by atoms with Crippen LogP contribution in [0.25, 0.3) is 0 Å². The third kappa shape index (κ3) is 4.62. The summed E-state index contributed by atoms with van der Waals surface area (Å²) >= 11 is 0. The second kappa shape index (κ2) is 7.23. The highest BCUT2D eigenvalue weighted by Gasteiger charge is 2.19. The zero-order valence-electron chi connectivity index (χ0n) is 9.74. The molecule has 1 aliphatic rings. The Bertz CT molecular complexity index is 252. The van der Waals surface area contributed by atoms with Gasteiger partial charge in [-0.25, -0.2) is 4.79 Å². The summed E-state index contributed by atoms with van der Waals surface area (Å²) in [4.78, 5) is 11.6. The van der Waals surface area contributed by atoms with Crippen molar-refractivity contribution in [1.29, 1.82) is 0 Å². The van der Waals surface area contributed by atoms with Crippen molar-refractivity contribution in [3.8, 4) is 0 Å². The molecule has 0 spiro atoms. The molecule has 0 heterocycles. The lowest BCUT2D eigenvalue weighted by Crippen LogP contribution is -2.23. The predicted molar refractivity (Wildman–Crippen MR) is 63.1 cm³/mol. The van der Waals surface area contributed by atoms with E-state index in [9.17, 15) is 4.79 Å². The van der Waals surface area contributed by atoms with Crippen LogP contribution in [0.5, 0.6) is 0 Å². The first kappa shape index (κ1) is 13.0. The molecule has 0 N–H and O–H groups in total. The van der Waals surface area contributed by atoms with Crippen LogP contribution in [0, 0.1) is 0 Å². The van der Waals surface area contributed by atoms with Crippen LogP contribution in [-0.4, -0.2) is 25.3 Å². The van der Waals surface area contributed by atoms with Gasteiger partial charge in [-0.05, 0) is 25.7 Å². The van der Waals surface area contributed by atoms with E-state index in [1.54, 1.807) is 6.08 Å². The first-order valence-corrected chi connectivity index (χ1v) is 5.81. The van der Waals surface area contributed by atoms with Gasteiger partial charge in [0.1, 0.15) is 6.10 Å². The lowest BCUT2D eigenvalue weighted by Gasteiger charge is -2.22. The molecule has 0 aromatic rings. The smallest absolute Gasteiger partial charge is 0.336 e. The summed E-state index contributed by atoms with van der Waals surface area (Å²) < 4.78 is 10.5. The number of hydrogen-bond donors (Lipinski definition) is 0. The maximum atomic E-state index is 11.6. The second-order valence-corrected chi connectivity index (χ2v) is 4.07. The monoisotopic (exact) mass is 224 g/mol. The molecular formula is C13H20O3. The fourth-order valence-electron chi connectivity index (χ4n) is 1.74. The maximum absolute atomic E-state index is 11.6. The van der Waals surface area contributed by atoms with Crippen LogP contribution in [0.2, 0.25) is 0 Å². The molecule has 0 aromatic carbocycles. The highest BCUT2D eigenvalue weighted by molar-refractivity contribution is 5.88. The second-order valence-electron chi connectivity index (χ2n) is 4.07. The third-order valence-electron chi connectivity index (χ3n) is 2.63. The zero-order valence-corrected chi connectivity index (χ0v) is 9.74. The normalized spacial score (nSPS) is 16.8. The van der Waals surface area contributed by atoms with Crippen molar-refractivity contribution in [3.05, 3.63) is 24.8 Å². The molecule has 0 radical (unpaired) electrons. The van der Waals surface area contributed by atoms with Gasteiger partial charge in [-0.1, -0.05) is 19.1 Å². The van der Waals surface area contributed by atoms with E-state index in [1.165, 1.54) is 6.42 Å². The molecule has 0 unspecified atom stereocenters. The molecule has 0 aliphatic heterocycles. The highest BCUT2D eigenvalue weighted by atomic mass is 16.5. The molecule has 90 valence electrons. The molecule has 1 saturated carbocycles. The third-order valence-corrected chi connectivity index (χ3v) is 2.63.